The van der Waals surface area contributed by atoms with Gasteiger partial charge in [-0.2, -0.15) is 0 Å². The SMILES string of the molecule is O=C(CNC1CCCCC1)Nc1cccc(Br)c1. The summed E-state index contributed by atoms with van der Waals surface area (Å²) in [5.41, 5.74) is 0.833. The van der Waals surface area contributed by atoms with E-state index in [0.717, 1.165) is 10.2 Å². The molecule has 1 aliphatic carbocycles. The molecule has 0 heterocycles. The van der Waals surface area contributed by atoms with E-state index in [2.05, 4.69) is 26.6 Å². The van der Waals surface area contributed by atoms with Gasteiger partial charge in [0.1, 0.15) is 0 Å². The predicted molar refractivity (Wildman–Crippen MR) is 77.6 cm³/mol. The molecule has 3 nitrogen and oxygen atoms in total. The van der Waals surface area contributed by atoms with Gasteiger partial charge < -0.3 is 10.6 Å². The van der Waals surface area contributed by atoms with Gasteiger partial charge in [-0.15, -0.1) is 0 Å². The Morgan fingerprint density at radius 2 is 2.06 bits per heavy atom. The van der Waals surface area contributed by atoms with E-state index in [1.807, 2.05) is 24.3 Å². The number of rotatable bonds is 4. The molecule has 18 heavy (non-hydrogen) atoms. The average Bonchev–Trinajstić information content (AvgIpc) is 2.38. The fourth-order valence-electron chi connectivity index (χ4n) is 2.32. The summed E-state index contributed by atoms with van der Waals surface area (Å²) in [6.07, 6.45) is 6.30. The number of hydrogen-bond acceptors (Lipinski definition) is 2. The molecule has 2 N–H and O–H groups in total. The zero-order valence-corrected chi connectivity index (χ0v) is 12.0. The normalized spacial score (nSPS) is 16.5. The number of halogens is 1. The van der Waals surface area contributed by atoms with Crippen molar-refractivity contribution < 1.29 is 4.79 Å². The first kappa shape index (κ1) is 13.6. The number of carbonyl (C=O) groups excluding carboxylic acids is 1. The Kier molecular flexibility index (Phi) is 5.20. The van der Waals surface area contributed by atoms with Crippen molar-refractivity contribution >= 4 is 27.5 Å². The predicted octanol–water partition coefficient (Wildman–Crippen LogP) is 3.31. The van der Waals surface area contributed by atoms with Crippen molar-refractivity contribution in [1.29, 1.82) is 0 Å². The van der Waals surface area contributed by atoms with Crippen LogP contribution >= 0.6 is 15.9 Å². The smallest absolute Gasteiger partial charge is 0.238 e. The first-order chi connectivity index (χ1) is 8.74. The standard InChI is InChI=1S/C14H19BrN2O/c15-11-5-4-8-13(9-11)17-14(18)10-16-12-6-2-1-3-7-12/h4-5,8-9,12,16H,1-3,6-7,10H2,(H,17,18). The molecule has 1 aliphatic rings. The van der Waals surface area contributed by atoms with E-state index in [1.54, 1.807) is 0 Å². The molecule has 0 radical (unpaired) electrons. The second-order valence-corrected chi connectivity index (χ2v) is 5.69. The van der Waals surface area contributed by atoms with Crippen molar-refractivity contribution in [2.24, 2.45) is 0 Å². The molecule has 4 heteroatoms. The number of benzene rings is 1. The van der Waals surface area contributed by atoms with E-state index in [9.17, 15) is 4.79 Å². The Bertz CT molecular complexity index is 403. The van der Waals surface area contributed by atoms with Gasteiger partial charge in [0.25, 0.3) is 0 Å². The summed E-state index contributed by atoms with van der Waals surface area (Å²) in [5.74, 6) is 0.0265. The van der Waals surface area contributed by atoms with Crippen LogP contribution in [-0.4, -0.2) is 18.5 Å². The Hall–Kier alpha value is -0.870. The summed E-state index contributed by atoms with van der Waals surface area (Å²) in [6.45, 7) is 0.400. The van der Waals surface area contributed by atoms with Crippen LogP contribution < -0.4 is 10.6 Å². The van der Waals surface area contributed by atoms with Crippen molar-refractivity contribution in [1.82, 2.24) is 5.32 Å². The number of nitrogens with one attached hydrogen (secondary N) is 2. The first-order valence-corrected chi connectivity index (χ1v) is 7.32. The quantitative estimate of drug-likeness (QED) is 0.896. The molecule has 2 rings (SSSR count). The second kappa shape index (κ2) is 6.90. The van der Waals surface area contributed by atoms with Crippen molar-refractivity contribution in [3.8, 4) is 0 Å². The van der Waals surface area contributed by atoms with Gasteiger partial charge in [-0.3, -0.25) is 4.79 Å². The summed E-state index contributed by atoms with van der Waals surface area (Å²) in [6, 6.07) is 8.17. The molecular formula is C14H19BrN2O. The minimum atomic E-state index is 0.0265. The monoisotopic (exact) mass is 310 g/mol. The van der Waals surface area contributed by atoms with Crippen LogP contribution in [0.3, 0.4) is 0 Å². The van der Waals surface area contributed by atoms with Crippen LogP contribution in [0.5, 0.6) is 0 Å². The topological polar surface area (TPSA) is 41.1 Å². The molecule has 1 aromatic carbocycles. The number of hydrogen-bond donors (Lipinski definition) is 2. The van der Waals surface area contributed by atoms with Gasteiger partial charge in [-0.1, -0.05) is 41.3 Å². The zero-order valence-electron chi connectivity index (χ0n) is 10.4. The molecule has 0 atom stereocenters. The number of anilines is 1. The molecule has 1 amide bonds. The summed E-state index contributed by atoms with van der Waals surface area (Å²) in [4.78, 5) is 11.8. The van der Waals surface area contributed by atoms with Crippen molar-refractivity contribution in [2.75, 3.05) is 11.9 Å². The van der Waals surface area contributed by atoms with E-state index in [0.29, 0.717) is 12.6 Å². The minimum absolute atomic E-state index is 0.0265. The van der Waals surface area contributed by atoms with Crippen LogP contribution in [0.2, 0.25) is 0 Å². The fourth-order valence-corrected chi connectivity index (χ4v) is 2.71. The lowest BCUT2D eigenvalue weighted by atomic mass is 9.95. The Morgan fingerprint density at radius 1 is 1.28 bits per heavy atom. The maximum absolute atomic E-state index is 11.8. The van der Waals surface area contributed by atoms with Crippen LogP contribution in [0.4, 0.5) is 5.69 Å². The van der Waals surface area contributed by atoms with E-state index < -0.39 is 0 Å². The average molecular weight is 311 g/mol. The first-order valence-electron chi connectivity index (χ1n) is 6.53. The molecule has 0 aromatic heterocycles. The largest absolute Gasteiger partial charge is 0.325 e. The van der Waals surface area contributed by atoms with E-state index in [4.69, 9.17) is 0 Å². The third kappa shape index (κ3) is 4.42. The van der Waals surface area contributed by atoms with Crippen molar-refractivity contribution in [3.05, 3.63) is 28.7 Å². The van der Waals surface area contributed by atoms with Gasteiger partial charge >= 0.3 is 0 Å². The second-order valence-electron chi connectivity index (χ2n) is 4.77. The maximum Gasteiger partial charge on any atom is 0.238 e. The number of carbonyl (C=O) groups is 1. The highest BCUT2D eigenvalue weighted by Crippen LogP contribution is 2.17. The van der Waals surface area contributed by atoms with Gasteiger partial charge in [0.15, 0.2) is 0 Å². The van der Waals surface area contributed by atoms with Crippen molar-refractivity contribution in [3.63, 3.8) is 0 Å². The van der Waals surface area contributed by atoms with Gasteiger partial charge in [-0.25, -0.2) is 0 Å². The van der Waals surface area contributed by atoms with Gasteiger partial charge in [-0.05, 0) is 31.0 Å². The summed E-state index contributed by atoms with van der Waals surface area (Å²) >= 11 is 3.39. The molecule has 1 aromatic rings. The van der Waals surface area contributed by atoms with Crippen molar-refractivity contribution in [2.45, 2.75) is 38.1 Å². The van der Waals surface area contributed by atoms with Crippen LogP contribution in [0.25, 0.3) is 0 Å². The van der Waals surface area contributed by atoms with Crippen LogP contribution in [-0.2, 0) is 4.79 Å². The third-order valence-electron chi connectivity index (χ3n) is 3.26. The molecule has 1 fully saturated rings. The lowest BCUT2D eigenvalue weighted by Crippen LogP contribution is -2.37. The van der Waals surface area contributed by atoms with E-state index >= 15 is 0 Å². The Labute approximate surface area is 116 Å². The molecular weight excluding hydrogens is 292 g/mol. The highest BCUT2D eigenvalue weighted by molar-refractivity contribution is 9.10. The number of amides is 1. The van der Waals surface area contributed by atoms with Crippen LogP contribution in [0.15, 0.2) is 28.7 Å². The fraction of sp³-hybridized carbons (Fsp3) is 0.500. The minimum Gasteiger partial charge on any atom is -0.325 e. The molecule has 0 aliphatic heterocycles. The molecule has 98 valence electrons. The Morgan fingerprint density at radius 3 is 2.78 bits per heavy atom. The summed E-state index contributed by atoms with van der Waals surface area (Å²) < 4.78 is 0.973. The maximum atomic E-state index is 11.8. The lowest BCUT2D eigenvalue weighted by Gasteiger charge is -2.22. The molecule has 0 bridgehead atoms. The van der Waals surface area contributed by atoms with Crippen LogP contribution in [0, 0.1) is 0 Å². The van der Waals surface area contributed by atoms with Gasteiger partial charge in [0.2, 0.25) is 5.91 Å². The third-order valence-corrected chi connectivity index (χ3v) is 3.76. The zero-order chi connectivity index (χ0) is 12.8. The van der Waals surface area contributed by atoms with E-state index in [1.165, 1.54) is 32.1 Å². The highest BCUT2D eigenvalue weighted by Gasteiger charge is 2.13. The Balaban J connectivity index is 1.74. The van der Waals surface area contributed by atoms with Gasteiger partial charge in [0.05, 0.1) is 6.54 Å². The van der Waals surface area contributed by atoms with Crippen LogP contribution in [0.1, 0.15) is 32.1 Å². The summed E-state index contributed by atoms with van der Waals surface area (Å²) in [7, 11) is 0. The molecule has 1 saturated carbocycles. The molecule has 0 spiro atoms. The highest BCUT2D eigenvalue weighted by atomic mass is 79.9. The summed E-state index contributed by atoms with van der Waals surface area (Å²) in [5, 5.41) is 6.22. The lowest BCUT2D eigenvalue weighted by molar-refractivity contribution is -0.115. The molecule has 0 unspecified atom stereocenters. The van der Waals surface area contributed by atoms with Gasteiger partial charge in [0, 0.05) is 16.2 Å². The molecule has 0 saturated heterocycles. The van der Waals surface area contributed by atoms with E-state index in [-0.39, 0.29) is 5.91 Å².